The Labute approximate surface area is 197 Å². The molecule has 3 rings (SSSR count). The summed E-state index contributed by atoms with van der Waals surface area (Å²) in [6.07, 6.45) is 2.11. The van der Waals surface area contributed by atoms with E-state index >= 15 is 0 Å². The highest BCUT2D eigenvalue weighted by Crippen LogP contribution is 2.34. The molecular formula is C19H15Cl3N2O4S2. The van der Waals surface area contributed by atoms with Gasteiger partial charge in [-0.1, -0.05) is 70.9 Å². The van der Waals surface area contributed by atoms with Crippen molar-refractivity contribution in [2.24, 2.45) is 0 Å². The number of nitrogens with zero attached hydrogens (tertiary/aromatic N) is 1. The molecule has 6 nitrogen and oxygen atoms in total. The van der Waals surface area contributed by atoms with Crippen LogP contribution in [0.25, 0.3) is 6.08 Å². The lowest BCUT2D eigenvalue weighted by Gasteiger charge is -2.25. The summed E-state index contributed by atoms with van der Waals surface area (Å²) in [6, 6.07) is 10.3. The summed E-state index contributed by atoms with van der Waals surface area (Å²) < 4.78 is 9.46. The fourth-order valence-electron chi connectivity index (χ4n) is 2.49. The van der Waals surface area contributed by atoms with Gasteiger partial charge < -0.3 is 14.5 Å². The standard InChI is InChI=1S/C19H15Cl3N2O4S2/c1-11(25)23-17(19(20,21)22)28-13-6-4-12(5-7-13)9-15-16(26)24(18(29)30-15)10-14-3-2-8-27-14/h2-9,17H,10H2,1H3,(H,23,25)/b15-9-/t17-/m1/s1. The molecule has 1 saturated heterocycles. The molecule has 1 aromatic carbocycles. The molecular weight excluding hydrogens is 491 g/mol. The van der Waals surface area contributed by atoms with E-state index in [0.29, 0.717) is 20.7 Å². The van der Waals surface area contributed by atoms with Gasteiger partial charge in [0, 0.05) is 6.92 Å². The lowest BCUT2D eigenvalue weighted by molar-refractivity contribution is -0.123. The van der Waals surface area contributed by atoms with Crippen molar-refractivity contribution in [3.05, 3.63) is 58.9 Å². The minimum atomic E-state index is -1.85. The quantitative estimate of drug-likeness (QED) is 0.261. The zero-order chi connectivity index (χ0) is 21.9. The summed E-state index contributed by atoms with van der Waals surface area (Å²) in [5.41, 5.74) is 0.755. The Morgan fingerprint density at radius 1 is 1.33 bits per heavy atom. The number of carbonyl (C=O) groups excluding carboxylic acids is 2. The topological polar surface area (TPSA) is 71.8 Å². The van der Waals surface area contributed by atoms with E-state index in [0.717, 1.165) is 5.56 Å². The van der Waals surface area contributed by atoms with Gasteiger partial charge in [0.25, 0.3) is 5.91 Å². The van der Waals surface area contributed by atoms with Gasteiger partial charge >= 0.3 is 0 Å². The summed E-state index contributed by atoms with van der Waals surface area (Å²) >= 11 is 24.1. The highest BCUT2D eigenvalue weighted by molar-refractivity contribution is 8.26. The third kappa shape index (κ3) is 5.92. The molecule has 2 aromatic rings. The number of ether oxygens (including phenoxy) is 1. The van der Waals surface area contributed by atoms with E-state index in [4.69, 9.17) is 56.2 Å². The highest BCUT2D eigenvalue weighted by Gasteiger charge is 2.36. The maximum atomic E-state index is 12.7. The molecule has 0 saturated carbocycles. The van der Waals surface area contributed by atoms with Crippen LogP contribution >= 0.6 is 58.8 Å². The maximum Gasteiger partial charge on any atom is 0.266 e. The van der Waals surface area contributed by atoms with Crippen molar-refractivity contribution in [2.75, 3.05) is 0 Å². The molecule has 1 aliphatic heterocycles. The second kappa shape index (κ2) is 9.62. The lowest BCUT2D eigenvalue weighted by atomic mass is 10.2. The van der Waals surface area contributed by atoms with Gasteiger partial charge in [0.15, 0.2) is 0 Å². The number of benzene rings is 1. The van der Waals surface area contributed by atoms with E-state index in [2.05, 4.69) is 5.32 Å². The van der Waals surface area contributed by atoms with Crippen LogP contribution in [0.5, 0.6) is 5.75 Å². The molecule has 0 bridgehead atoms. The van der Waals surface area contributed by atoms with E-state index in [-0.39, 0.29) is 12.5 Å². The number of alkyl halides is 3. The summed E-state index contributed by atoms with van der Waals surface area (Å²) in [5.74, 6) is 0.433. The maximum absolute atomic E-state index is 12.7. The fraction of sp³-hybridized carbons (Fsp3) is 0.211. The van der Waals surface area contributed by atoms with Crippen molar-refractivity contribution in [3.8, 4) is 5.75 Å². The molecule has 1 aromatic heterocycles. The smallest absolute Gasteiger partial charge is 0.266 e. The van der Waals surface area contributed by atoms with Crippen molar-refractivity contribution in [1.82, 2.24) is 10.2 Å². The predicted octanol–water partition coefficient (Wildman–Crippen LogP) is 4.89. The minimum Gasteiger partial charge on any atom is -0.467 e. The van der Waals surface area contributed by atoms with Crippen molar-refractivity contribution in [1.29, 1.82) is 0 Å². The van der Waals surface area contributed by atoms with Gasteiger partial charge in [0.1, 0.15) is 15.8 Å². The molecule has 1 fully saturated rings. The molecule has 2 heterocycles. The summed E-state index contributed by atoms with van der Waals surface area (Å²) in [6.45, 7) is 1.57. The molecule has 30 heavy (non-hydrogen) atoms. The summed E-state index contributed by atoms with van der Waals surface area (Å²) in [5, 5.41) is 2.43. The molecule has 158 valence electrons. The number of halogens is 3. The molecule has 11 heteroatoms. The molecule has 0 unspecified atom stereocenters. The van der Waals surface area contributed by atoms with E-state index in [1.165, 1.54) is 23.6 Å². The van der Waals surface area contributed by atoms with E-state index < -0.39 is 15.9 Å². The molecule has 1 N–H and O–H groups in total. The fourth-order valence-corrected chi connectivity index (χ4v) is 4.04. The number of amides is 2. The van der Waals surface area contributed by atoms with E-state index in [1.54, 1.807) is 48.7 Å². The average molecular weight is 506 g/mol. The Bertz CT molecular complexity index is 973. The Morgan fingerprint density at radius 3 is 2.60 bits per heavy atom. The molecule has 0 spiro atoms. The summed E-state index contributed by atoms with van der Waals surface area (Å²) in [7, 11) is 0. The molecule has 2 amide bonds. The van der Waals surface area contributed by atoms with Gasteiger partial charge in [-0.25, -0.2) is 0 Å². The third-order valence-electron chi connectivity index (χ3n) is 3.83. The number of thioether (sulfide) groups is 1. The van der Waals surface area contributed by atoms with Crippen LogP contribution in [0.2, 0.25) is 0 Å². The molecule has 1 aliphatic rings. The molecule has 1 atom stereocenters. The van der Waals surface area contributed by atoms with Gasteiger partial charge in [0.2, 0.25) is 15.9 Å². The summed E-state index contributed by atoms with van der Waals surface area (Å²) in [4.78, 5) is 25.9. The van der Waals surface area contributed by atoms with Gasteiger partial charge in [0.05, 0.1) is 17.7 Å². The molecule has 0 aliphatic carbocycles. The zero-order valence-corrected chi connectivity index (χ0v) is 19.3. The van der Waals surface area contributed by atoms with Crippen LogP contribution in [0.15, 0.2) is 52.0 Å². The monoisotopic (exact) mass is 504 g/mol. The van der Waals surface area contributed by atoms with E-state index in [1.807, 2.05) is 0 Å². The van der Waals surface area contributed by atoms with Crippen LogP contribution in [-0.4, -0.2) is 31.1 Å². The van der Waals surface area contributed by atoms with Crippen LogP contribution in [-0.2, 0) is 16.1 Å². The van der Waals surface area contributed by atoms with Gasteiger partial charge in [-0.05, 0) is 35.9 Å². The van der Waals surface area contributed by atoms with E-state index in [9.17, 15) is 9.59 Å². The third-order valence-corrected chi connectivity index (χ3v) is 5.80. The number of furan rings is 1. The van der Waals surface area contributed by atoms with Crippen molar-refractivity contribution < 1.29 is 18.7 Å². The van der Waals surface area contributed by atoms with Crippen LogP contribution in [0.4, 0.5) is 0 Å². The van der Waals surface area contributed by atoms with Gasteiger partial charge in [-0.2, -0.15) is 0 Å². The second-order valence-electron chi connectivity index (χ2n) is 6.16. The number of thiocarbonyl (C=S) groups is 1. The number of hydrogen-bond acceptors (Lipinski definition) is 6. The minimum absolute atomic E-state index is 0.191. The predicted molar refractivity (Wildman–Crippen MR) is 122 cm³/mol. The largest absolute Gasteiger partial charge is 0.467 e. The Hall–Kier alpha value is -1.71. The first-order chi connectivity index (χ1) is 14.1. The van der Waals surface area contributed by atoms with Crippen molar-refractivity contribution in [3.63, 3.8) is 0 Å². The Kier molecular flexibility index (Phi) is 7.36. The number of carbonyl (C=O) groups is 2. The second-order valence-corrected chi connectivity index (χ2v) is 10.2. The normalized spacial score (nSPS) is 16.8. The first-order valence-electron chi connectivity index (χ1n) is 8.52. The van der Waals surface area contributed by atoms with Crippen LogP contribution in [0.1, 0.15) is 18.2 Å². The lowest BCUT2D eigenvalue weighted by Crippen LogP contribution is -2.47. The highest BCUT2D eigenvalue weighted by atomic mass is 35.6. The number of hydrogen-bond donors (Lipinski definition) is 1. The number of rotatable bonds is 6. The zero-order valence-electron chi connectivity index (χ0n) is 15.4. The first-order valence-corrected chi connectivity index (χ1v) is 10.9. The van der Waals surface area contributed by atoms with Gasteiger partial charge in [-0.15, -0.1) is 0 Å². The Morgan fingerprint density at radius 2 is 2.03 bits per heavy atom. The Balaban J connectivity index is 1.70. The van der Waals surface area contributed by atoms with Crippen LogP contribution in [0.3, 0.4) is 0 Å². The van der Waals surface area contributed by atoms with Crippen LogP contribution in [0, 0.1) is 0 Å². The average Bonchev–Trinajstić information content (AvgIpc) is 3.26. The first kappa shape index (κ1) is 23.0. The number of nitrogens with one attached hydrogen (secondary N) is 1. The van der Waals surface area contributed by atoms with Crippen LogP contribution < -0.4 is 10.1 Å². The SMILES string of the molecule is CC(=O)N[C@H](Oc1ccc(/C=C2\SC(=S)N(Cc3ccco3)C2=O)cc1)C(Cl)(Cl)Cl. The van der Waals surface area contributed by atoms with Gasteiger partial charge in [-0.3, -0.25) is 14.5 Å². The molecule has 0 radical (unpaired) electrons. The van der Waals surface area contributed by atoms with Crippen molar-refractivity contribution in [2.45, 2.75) is 23.5 Å². The van der Waals surface area contributed by atoms with Crippen molar-refractivity contribution >= 4 is 81.0 Å².